The van der Waals surface area contributed by atoms with E-state index in [1.54, 1.807) is 6.07 Å². The van der Waals surface area contributed by atoms with Gasteiger partial charge in [-0.1, -0.05) is 19.4 Å². The smallest absolute Gasteiger partial charge is 0.191 e. The van der Waals surface area contributed by atoms with E-state index in [9.17, 15) is 9.50 Å². The Bertz CT molecular complexity index is 667. The zero-order valence-electron chi connectivity index (χ0n) is 17.7. The molecule has 1 saturated heterocycles. The summed E-state index contributed by atoms with van der Waals surface area (Å²) < 4.78 is 14.6. The summed E-state index contributed by atoms with van der Waals surface area (Å²) in [6.45, 7) is 7.91. The summed E-state index contributed by atoms with van der Waals surface area (Å²) in [5.41, 5.74) is 1.91. The van der Waals surface area contributed by atoms with Gasteiger partial charge in [-0.2, -0.15) is 0 Å². The normalized spacial score (nSPS) is 19.3. The van der Waals surface area contributed by atoms with Crippen LogP contribution in [0.5, 0.6) is 0 Å². The van der Waals surface area contributed by atoms with Gasteiger partial charge in [-0.05, 0) is 62.1 Å². The van der Waals surface area contributed by atoms with Crippen LogP contribution in [0.1, 0.15) is 57.9 Å². The minimum Gasteiger partial charge on any atom is -0.393 e. The van der Waals surface area contributed by atoms with Gasteiger partial charge in [0.1, 0.15) is 5.82 Å². The third kappa shape index (κ3) is 6.44. The first-order chi connectivity index (χ1) is 13.5. The molecule has 1 saturated carbocycles. The topological polar surface area (TPSA) is 59.9 Å². The zero-order valence-corrected chi connectivity index (χ0v) is 20.0. The van der Waals surface area contributed by atoms with Gasteiger partial charge < -0.3 is 20.6 Å². The number of nitrogens with zero attached hydrogens (tertiary/aromatic N) is 2. The Hall–Kier alpha value is -1.09. The molecule has 3 rings (SSSR count). The number of benzene rings is 1. The number of halogens is 2. The number of hydrogen-bond acceptors (Lipinski definition) is 3. The van der Waals surface area contributed by atoms with Crippen molar-refractivity contribution >= 4 is 35.6 Å². The van der Waals surface area contributed by atoms with E-state index in [1.807, 2.05) is 17.0 Å². The number of aliphatic hydroxyl groups excluding tert-OH is 1. The van der Waals surface area contributed by atoms with Crippen molar-refractivity contribution in [2.24, 2.45) is 10.4 Å². The summed E-state index contributed by atoms with van der Waals surface area (Å²) in [7, 11) is 0. The molecular formula is C22H36FIN4O. The van der Waals surface area contributed by atoms with E-state index in [1.165, 1.54) is 25.7 Å². The molecule has 0 bridgehead atoms. The molecule has 0 amide bonds. The molecule has 0 atom stereocenters. The van der Waals surface area contributed by atoms with Crippen LogP contribution in [-0.4, -0.2) is 43.3 Å². The van der Waals surface area contributed by atoms with Gasteiger partial charge in [0.2, 0.25) is 0 Å². The van der Waals surface area contributed by atoms with E-state index >= 15 is 0 Å². The molecule has 3 N–H and O–H groups in total. The fraction of sp³-hybridized carbons (Fsp3) is 0.682. The molecule has 5 nitrogen and oxygen atoms in total. The van der Waals surface area contributed by atoms with Crippen LogP contribution in [0.3, 0.4) is 0 Å². The Morgan fingerprint density at radius 1 is 1.24 bits per heavy atom. The summed E-state index contributed by atoms with van der Waals surface area (Å²) >= 11 is 0. The minimum absolute atomic E-state index is 0. The number of guanidine groups is 1. The van der Waals surface area contributed by atoms with E-state index in [0.29, 0.717) is 43.6 Å². The summed E-state index contributed by atoms with van der Waals surface area (Å²) in [5, 5.41) is 16.4. The summed E-state index contributed by atoms with van der Waals surface area (Å²) in [4.78, 5) is 6.67. The number of piperidine rings is 1. The third-order valence-corrected chi connectivity index (χ3v) is 6.38. The number of aliphatic hydroxyl groups is 1. The van der Waals surface area contributed by atoms with Crippen LogP contribution in [0.4, 0.5) is 10.1 Å². The molecule has 0 aromatic heterocycles. The highest BCUT2D eigenvalue weighted by atomic mass is 127. The Morgan fingerprint density at radius 2 is 1.97 bits per heavy atom. The van der Waals surface area contributed by atoms with Gasteiger partial charge >= 0.3 is 0 Å². The van der Waals surface area contributed by atoms with Gasteiger partial charge in [0.05, 0.1) is 18.3 Å². The van der Waals surface area contributed by atoms with E-state index in [4.69, 9.17) is 0 Å². The molecular weight excluding hydrogens is 482 g/mol. The van der Waals surface area contributed by atoms with Crippen molar-refractivity contribution in [3.8, 4) is 0 Å². The van der Waals surface area contributed by atoms with E-state index < -0.39 is 0 Å². The lowest BCUT2D eigenvalue weighted by atomic mass is 9.67. The van der Waals surface area contributed by atoms with E-state index in [-0.39, 0.29) is 35.9 Å². The molecule has 2 fully saturated rings. The number of aliphatic imine (C=N–C) groups is 1. The van der Waals surface area contributed by atoms with Crippen molar-refractivity contribution in [3.05, 3.63) is 29.6 Å². The second-order valence-corrected chi connectivity index (χ2v) is 8.26. The van der Waals surface area contributed by atoms with Crippen molar-refractivity contribution in [1.29, 1.82) is 0 Å². The third-order valence-electron chi connectivity index (χ3n) is 6.38. The van der Waals surface area contributed by atoms with Crippen LogP contribution in [0.2, 0.25) is 0 Å². The summed E-state index contributed by atoms with van der Waals surface area (Å²) in [6.07, 6.45) is 6.23. The predicted molar refractivity (Wildman–Crippen MR) is 129 cm³/mol. The van der Waals surface area contributed by atoms with Crippen molar-refractivity contribution in [2.75, 3.05) is 31.1 Å². The second kappa shape index (κ2) is 11.3. The molecule has 7 heteroatoms. The van der Waals surface area contributed by atoms with Crippen LogP contribution >= 0.6 is 24.0 Å². The number of rotatable bonds is 7. The fourth-order valence-electron chi connectivity index (χ4n) is 4.13. The first kappa shape index (κ1) is 24.2. The zero-order chi connectivity index (χ0) is 20.0. The summed E-state index contributed by atoms with van der Waals surface area (Å²) in [5.74, 6) is 0.596. The molecule has 0 radical (unpaired) electrons. The Balaban J connectivity index is 0.00000300. The van der Waals surface area contributed by atoms with Crippen molar-refractivity contribution in [3.63, 3.8) is 0 Å². The molecule has 1 aliphatic carbocycles. The molecule has 164 valence electrons. The van der Waals surface area contributed by atoms with Crippen LogP contribution < -0.4 is 15.5 Å². The maximum absolute atomic E-state index is 14.6. The Kier molecular flexibility index (Phi) is 9.46. The number of hydrogen-bond donors (Lipinski definition) is 3. The lowest BCUT2D eigenvalue weighted by molar-refractivity contribution is 0.131. The maximum Gasteiger partial charge on any atom is 0.191 e. The fourth-order valence-corrected chi connectivity index (χ4v) is 4.13. The number of anilines is 1. The van der Waals surface area contributed by atoms with Gasteiger partial charge in [-0.25, -0.2) is 9.38 Å². The first-order valence-corrected chi connectivity index (χ1v) is 10.8. The Labute approximate surface area is 191 Å². The Morgan fingerprint density at radius 3 is 2.52 bits per heavy atom. The lowest BCUT2D eigenvalue weighted by Gasteiger charge is -2.41. The van der Waals surface area contributed by atoms with E-state index in [0.717, 1.165) is 24.6 Å². The quantitative estimate of drug-likeness (QED) is 0.290. The largest absolute Gasteiger partial charge is 0.393 e. The second-order valence-electron chi connectivity index (χ2n) is 8.26. The highest BCUT2D eigenvalue weighted by molar-refractivity contribution is 14.0. The van der Waals surface area contributed by atoms with Crippen LogP contribution in [-0.2, 0) is 6.54 Å². The SMILES string of the molecule is CCNC(=NCc1ccc(N2CCC(O)CC2)c(F)c1)NCC1(CC)CCC1.I. The molecule has 0 unspecified atom stereocenters. The van der Waals surface area contributed by atoms with Gasteiger partial charge in [0, 0.05) is 26.2 Å². The van der Waals surface area contributed by atoms with Crippen LogP contribution in [0.25, 0.3) is 0 Å². The molecule has 2 aliphatic rings. The van der Waals surface area contributed by atoms with Crippen molar-refractivity contribution < 1.29 is 9.50 Å². The number of nitrogens with one attached hydrogen (secondary N) is 2. The van der Waals surface area contributed by atoms with E-state index in [2.05, 4.69) is 29.5 Å². The van der Waals surface area contributed by atoms with Crippen molar-refractivity contribution in [1.82, 2.24) is 10.6 Å². The molecule has 1 heterocycles. The molecule has 29 heavy (non-hydrogen) atoms. The van der Waals surface area contributed by atoms with Gasteiger partial charge in [-0.15, -0.1) is 24.0 Å². The highest BCUT2D eigenvalue weighted by Gasteiger charge is 2.34. The van der Waals surface area contributed by atoms with Gasteiger partial charge in [0.15, 0.2) is 5.96 Å². The predicted octanol–water partition coefficient (Wildman–Crippen LogP) is 4.04. The average molecular weight is 518 g/mol. The van der Waals surface area contributed by atoms with Crippen molar-refractivity contribution in [2.45, 2.75) is 65.0 Å². The van der Waals surface area contributed by atoms with Crippen LogP contribution in [0.15, 0.2) is 23.2 Å². The molecule has 0 spiro atoms. The van der Waals surface area contributed by atoms with Gasteiger partial charge in [0.25, 0.3) is 0 Å². The molecule has 1 aromatic carbocycles. The standard InChI is InChI=1S/C22H35FN4O.HI/c1-3-22(10-5-11-22)16-26-21(24-4-2)25-15-17-6-7-20(19(23)14-17)27-12-8-18(28)9-13-27;/h6-7,14,18,28H,3-5,8-13,15-16H2,1-2H3,(H2,24,25,26);1H. The lowest BCUT2D eigenvalue weighted by Crippen LogP contribution is -2.46. The molecule has 1 aliphatic heterocycles. The maximum atomic E-state index is 14.6. The van der Waals surface area contributed by atoms with Gasteiger partial charge in [-0.3, -0.25) is 0 Å². The monoisotopic (exact) mass is 518 g/mol. The average Bonchev–Trinajstić information content (AvgIpc) is 2.66. The van der Waals surface area contributed by atoms with Crippen LogP contribution in [0, 0.1) is 11.2 Å². The first-order valence-electron chi connectivity index (χ1n) is 10.8. The highest BCUT2D eigenvalue weighted by Crippen LogP contribution is 2.43. The minimum atomic E-state index is -0.253. The summed E-state index contributed by atoms with van der Waals surface area (Å²) in [6, 6.07) is 5.39. The molecule has 1 aromatic rings.